The van der Waals surface area contributed by atoms with Crippen LogP contribution in [0.25, 0.3) is 16.9 Å². The highest BCUT2D eigenvalue weighted by Crippen LogP contribution is 2.36. The smallest absolute Gasteiger partial charge is 0.310 e. The third kappa shape index (κ3) is 4.90. The molecule has 35 heavy (non-hydrogen) atoms. The number of ether oxygens (including phenoxy) is 3. The Morgan fingerprint density at radius 1 is 1.03 bits per heavy atom. The molecule has 0 N–H and O–H groups in total. The lowest BCUT2D eigenvalue weighted by Crippen LogP contribution is -2.43. The molecule has 2 heterocycles. The van der Waals surface area contributed by atoms with Crippen LogP contribution in [0.2, 0.25) is 0 Å². The number of likely N-dealkylation sites (tertiary alicyclic amines) is 1. The third-order valence-electron chi connectivity index (χ3n) is 6.50. The number of amides is 1. The highest BCUT2D eigenvalue weighted by atomic mass is 16.5. The van der Waals surface area contributed by atoms with E-state index in [1.807, 2.05) is 66.1 Å². The minimum absolute atomic E-state index is 0.0834. The van der Waals surface area contributed by atoms with Crippen LogP contribution in [0.1, 0.15) is 35.8 Å². The normalized spacial score (nSPS) is 15.5. The first-order valence-corrected chi connectivity index (χ1v) is 11.9. The molecule has 0 aliphatic carbocycles. The van der Waals surface area contributed by atoms with Crippen LogP contribution in [-0.2, 0) is 9.53 Å². The van der Waals surface area contributed by atoms with Gasteiger partial charge in [-0.2, -0.15) is 0 Å². The van der Waals surface area contributed by atoms with Crippen molar-refractivity contribution in [3.8, 4) is 28.4 Å². The number of aromatic nitrogens is 1. The summed E-state index contributed by atoms with van der Waals surface area (Å²) < 4.78 is 18.3. The van der Waals surface area contributed by atoms with Crippen LogP contribution in [0.4, 0.5) is 0 Å². The standard InChI is InChI=1S/C28H32N2O5/c1-5-35-28(32)21-12-9-15-29(18-21)27(31)23-17-25(20-10-7-6-8-11-20)30(19(23)2)24-14-13-22(33-3)16-26(24)34-4/h6-8,10-11,13-14,16-17,21H,5,9,12,15,18H2,1-4H3. The molecule has 1 fully saturated rings. The summed E-state index contributed by atoms with van der Waals surface area (Å²) in [4.78, 5) is 27.8. The summed E-state index contributed by atoms with van der Waals surface area (Å²) in [6, 6.07) is 17.5. The molecule has 0 saturated carbocycles. The van der Waals surface area contributed by atoms with Gasteiger partial charge in [0.05, 0.1) is 43.7 Å². The molecule has 4 rings (SSSR count). The zero-order chi connectivity index (χ0) is 24.9. The molecule has 184 valence electrons. The lowest BCUT2D eigenvalue weighted by Gasteiger charge is -2.31. The van der Waals surface area contributed by atoms with Crippen LogP contribution in [0, 0.1) is 12.8 Å². The Morgan fingerprint density at radius 2 is 1.80 bits per heavy atom. The molecular formula is C28H32N2O5. The molecular weight excluding hydrogens is 444 g/mol. The van der Waals surface area contributed by atoms with E-state index >= 15 is 0 Å². The number of benzene rings is 2. The Hall–Kier alpha value is -3.74. The van der Waals surface area contributed by atoms with Gasteiger partial charge in [0.2, 0.25) is 0 Å². The number of methoxy groups -OCH3 is 2. The number of esters is 1. The molecule has 2 aromatic carbocycles. The molecule has 1 amide bonds. The van der Waals surface area contributed by atoms with Gasteiger partial charge in [0.1, 0.15) is 11.5 Å². The summed E-state index contributed by atoms with van der Waals surface area (Å²) in [7, 11) is 3.23. The fourth-order valence-electron chi connectivity index (χ4n) is 4.71. The lowest BCUT2D eigenvalue weighted by molar-refractivity contribution is -0.149. The molecule has 1 aliphatic rings. The maximum Gasteiger partial charge on any atom is 0.310 e. The molecule has 1 unspecified atom stereocenters. The van der Waals surface area contributed by atoms with Crippen molar-refractivity contribution in [3.63, 3.8) is 0 Å². The second-order valence-electron chi connectivity index (χ2n) is 8.61. The topological polar surface area (TPSA) is 70.0 Å². The minimum atomic E-state index is -0.287. The zero-order valence-corrected chi connectivity index (χ0v) is 20.7. The maximum atomic E-state index is 13.7. The fraction of sp³-hybridized carbons (Fsp3) is 0.357. The number of hydrogen-bond donors (Lipinski definition) is 0. The molecule has 1 saturated heterocycles. The average Bonchev–Trinajstić information content (AvgIpc) is 3.25. The molecule has 1 atom stereocenters. The van der Waals surface area contributed by atoms with E-state index in [2.05, 4.69) is 0 Å². The summed E-state index contributed by atoms with van der Waals surface area (Å²) >= 11 is 0. The van der Waals surface area contributed by atoms with Crippen LogP contribution in [0.5, 0.6) is 11.5 Å². The Morgan fingerprint density at radius 3 is 2.49 bits per heavy atom. The van der Waals surface area contributed by atoms with Crippen LogP contribution < -0.4 is 9.47 Å². The predicted octanol–water partition coefficient (Wildman–Crippen LogP) is 4.89. The van der Waals surface area contributed by atoms with Crippen LogP contribution in [0.15, 0.2) is 54.6 Å². The number of hydrogen-bond acceptors (Lipinski definition) is 5. The Balaban J connectivity index is 1.78. The third-order valence-corrected chi connectivity index (χ3v) is 6.50. The van der Waals surface area contributed by atoms with E-state index in [4.69, 9.17) is 14.2 Å². The van der Waals surface area contributed by atoms with Gasteiger partial charge in [0.15, 0.2) is 0 Å². The summed E-state index contributed by atoms with van der Waals surface area (Å²) in [6.07, 6.45) is 1.51. The number of nitrogens with zero attached hydrogens (tertiary/aromatic N) is 2. The average molecular weight is 477 g/mol. The van der Waals surface area contributed by atoms with Crippen molar-refractivity contribution in [2.45, 2.75) is 26.7 Å². The van der Waals surface area contributed by atoms with E-state index in [9.17, 15) is 9.59 Å². The van der Waals surface area contributed by atoms with E-state index in [1.165, 1.54) is 0 Å². The van der Waals surface area contributed by atoms with E-state index in [0.717, 1.165) is 35.5 Å². The quantitative estimate of drug-likeness (QED) is 0.455. The van der Waals surface area contributed by atoms with Gasteiger partial charge in [-0.1, -0.05) is 30.3 Å². The molecule has 0 spiro atoms. The summed E-state index contributed by atoms with van der Waals surface area (Å²) in [5, 5.41) is 0. The largest absolute Gasteiger partial charge is 0.497 e. The molecule has 0 radical (unpaired) electrons. The van der Waals surface area contributed by atoms with Gasteiger partial charge in [-0.15, -0.1) is 0 Å². The monoisotopic (exact) mass is 476 g/mol. The Bertz CT molecular complexity index is 1200. The molecule has 7 heteroatoms. The number of piperidine rings is 1. The number of rotatable bonds is 7. The van der Waals surface area contributed by atoms with Crippen molar-refractivity contribution in [2.75, 3.05) is 33.9 Å². The summed E-state index contributed by atoms with van der Waals surface area (Å²) in [5.74, 6) is 0.725. The van der Waals surface area contributed by atoms with E-state index in [0.29, 0.717) is 36.8 Å². The van der Waals surface area contributed by atoms with Crippen molar-refractivity contribution in [2.24, 2.45) is 5.92 Å². The Labute approximate surface area is 206 Å². The van der Waals surface area contributed by atoms with Gasteiger partial charge < -0.3 is 23.7 Å². The van der Waals surface area contributed by atoms with Crippen LogP contribution in [0.3, 0.4) is 0 Å². The van der Waals surface area contributed by atoms with Crippen molar-refractivity contribution in [1.82, 2.24) is 9.47 Å². The number of carbonyl (C=O) groups is 2. The van der Waals surface area contributed by atoms with Gasteiger partial charge >= 0.3 is 5.97 Å². The van der Waals surface area contributed by atoms with E-state index in [1.54, 1.807) is 26.0 Å². The first-order valence-electron chi connectivity index (χ1n) is 11.9. The van der Waals surface area contributed by atoms with Crippen molar-refractivity contribution in [3.05, 3.63) is 65.9 Å². The molecule has 3 aromatic rings. The summed E-state index contributed by atoms with van der Waals surface area (Å²) in [6.45, 7) is 5.07. The van der Waals surface area contributed by atoms with Gasteiger partial charge in [-0.05, 0) is 50.5 Å². The van der Waals surface area contributed by atoms with Gasteiger partial charge in [0.25, 0.3) is 5.91 Å². The number of carbonyl (C=O) groups excluding carboxylic acids is 2. The summed E-state index contributed by atoms with van der Waals surface area (Å²) in [5.41, 5.74) is 4.08. The van der Waals surface area contributed by atoms with Gasteiger partial charge in [0, 0.05) is 24.8 Å². The maximum absolute atomic E-state index is 13.7. The molecule has 7 nitrogen and oxygen atoms in total. The second kappa shape index (κ2) is 10.7. The second-order valence-corrected chi connectivity index (χ2v) is 8.61. The lowest BCUT2D eigenvalue weighted by atomic mass is 9.97. The molecule has 1 aliphatic heterocycles. The fourth-order valence-corrected chi connectivity index (χ4v) is 4.71. The van der Waals surface area contributed by atoms with Gasteiger partial charge in [-0.3, -0.25) is 9.59 Å². The molecule has 1 aromatic heterocycles. The first kappa shape index (κ1) is 24.4. The van der Waals surface area contributed by atoms with Crippen LogP contribution in [-0.4, -0.2) is 55.3 Å². The van der Waals surface area contributed by atoms with E-state index in [-0.39, 0.29) is 17.8 Å². The van der Waals surface area contributed by atoms with Crippen molar-refractivity contribution < 1.29 is 23.8 Å². The molecule has 0 bridgehead atoms. The zero-order valence-electron chi connectivity index (χ0n) is 20.7. The van der Waals surface area contributed by atoms with Crippen LogP contribution >= 0.6 is 0 Å². The van der Waals surface area contributed by atoms with E-state index < -0.39 is 0 Å². The SMILES string of the molecule is CCOC(=O)C1CCCN(C(=O)c2cc(-c3ccccc3)n(-c3ccc(OC)cc3OC)c2C)C1. The highest BCUT2D eigenvalue weighted by Gasteiger charge is 2.32. The Kier molecular flexibility index (Phi) is 7.44. The minimum Gasteiger partial charge on any atom is -0.497 e. The highest BCUT2D eigenvalue weighted by molar-refractivity contribution is 5.97. The first-order chi connectivity index (χ1) is 17.0. The van der Waals surface area contributed by atoms with Crippen molar-refractivity contribution in [1.29, 1.82) is 0 Å². The predicted molar refractivity (Wildman–Crippen MR) is 134 cm³/mol. The van der Waals surface area contributed by atoms with Gasteiger partial charge in [-0.25, -0.2) is 0 Å². The van der Waals surface area contributed by atoms with Crippen molar-refractivity contribution >= 4 is 11.9 Å².